The van der Waals surface area contributed by atoms with Gasteiger partial charge in [0, 0.05) is 34.9 Å². The zero-order valence-electron chi connectivity index (χ0n) is 24.0. The normalized spacial score (nSPS) is 11.9. The zero-order valence-corrected chi connectivity index (χ0v) is 26.2. The summed E-state index contributed by atoms with van der Waals surface area (Å²) in [6, 6.07) is 40.4. The summed E-state index contributed by atoms with van der Waals surface area (Å²) in [5, 5.41) is 7.75. The topological polar surface area (TPSA) is 39.9 Å². The second-order valence-electron chi connectivity index (χ2n) is 11.7. The van der Waals surface area contributed by atoms with Gasteiger partial charge in [-0.1, -0.05) is 91.7 Å². The molecule has 8 aromatic rings. The number of aromatic nitrogens is 3. The fraction of sp³-hybridized carbons (Fsp3) is 0.105. The predicted molar refractivity (Wildman–Crippen MR) is 172 cm³/mol. The minimum atomic E-state index is 0. The van der Waals surface area contributed by atoms with Crippen molar-refractivity contribution in [2.24, 2.45) is 0 Å². The van der Waals surface area contributed by atoms with Crippen LogP contribution in [0.15, 0.2) is 109 Å². The van der Waals surface area contributed by atoms with Gasteiger partial charge in [-0.15, -0.1) is 40.4 Å². The van der Waals surface area contributed by atoms with Crippen molar-refractivity contribution < 1.29 is 25.8 Å². The van der Waals surface area contributed by atoms with Crippen LogP contribution < -0.4 is 4.74 Å². The van der Waals surface area contributed by atoms with Crippen molar-refractivity contribution in [2.75, 3.05) is 0 Å². The Bertz CT molecular complexity index is 2320. The molecule has 0 spiro atoms. The van der Waals surface area contributed by atoms with Crippen LogP contribution in [0.25, 0.3) is 60.1 Å². The fourth-order valence-corrected chi connectivity index (χ4v) is 6.14. The van der Waals surface area contributed by atoms with Crippen LogP contribution in [0.2, 0.25) is 0 Å². The van der Waals surface area contributed by atoms with Crippen molar-refractivity contribution in [3.63, 3.8) is 0 Å². The van der Waals surface area contributed by atoms with Crippen LogP contribution in [0, 0.1) is 12.1 Å². The van der Waals surface area contributed by atoms with Gasteiger partial charge in [-0.2, -0.15) is 6.07 Å². The van der Waals surface area contributed by atoms with Crippen LogP contribution in [-0.2, 0) is 26.5 Å². The van der Waals surface area contributed by atoms with E-state index in [1.165, 1.54) is 10.9 Å². The Morgan fingerprint density at radius 1 is 0.651 bits per heavy atom. The van der Waals surface area contributed by atoms with Crippen molar-refractivity contribution >= 4 is 54.3 Å². The summed E-state index contributed by atoms with van der Waals surface area (Å²) in [6.07, 6.45) is 3.74. The zero-order chi connectivity index (χ0) is 28.4. The van der Waals surface area contributed by atoms with Gasteiger partial charge in [0.05, 0.1) is 0 Å². The summed E-state index contributed by atoms with van der Waals surface area (Å²) in [5.74, 6) is 2.10. The third-order valence-electron chi connectivity index (χ3n) is 8.05. The van der Waals surface area contributed by atoms with Crippen LogP contribution in [0.3, 0.4) is 0 Å². The molecular weight excluding hydrogens is 710 g/mol. The number of para-hydroxylation sites is 1. The number of benzene rings is 5. The molecule has 0 aliphatic carbocycles. The standard InChI is InChI=1S/C38H27N3O.Pt/c1-38(2,3)32-19-21-40-37-30(32)17-14-25-12-11-24-13-15-26(22-31(24)36(25)37)42-27-16-18-29-28-8-4-5-9-33(28)41(34(29)23-27)35-10-6-7-20-39-35;/h4-21H,1-3H3;/q-2;+2. The van der Waals surface area contributed by atoms with E-state index in [9.17, 15) is 0 Å². The Balaban J connectivity index is 0.00000300. The molecule has 0 radical (unpaired) electrons. The van der Waals surface area contributed by atoms with Gasteiger partial charge >= 0.3 is 21.1 Å². The molecule has 0 aliphatic heterocycles. The average molecular weight is 737 g/mol. The van der Waals surface area contributed by atoms with Gasteiger partial charge in [-0.25, -0.2) is 4.98 Å². The van der Waals surface area contributed by atoms with Crippen LogP contribution in [0.1, 0.15) is 26.3 Å². The third-order valence-corrected chi connectivity index (χ3v) is 8.05. The molecule has 5 aromatic carbocycles. The van der Waals surface area contributed by atoms with Gasteiger partial charge < -0.3 is 9.30 Å². The SMILES string of the molecule is CC(C)(C)c1ccnc2c1ccc1ccc3ccc(Oc4[c-]c5c(cc4)c4ccccc4n5-c4ccccn4)[c-]c3c12.[Pt+2]. The number of nitrogens with zero attached hydrogens (tertiary/aromatic N) is 3. The van der Waals surface area contributed by atoms with Gasteiger partial charge in [0.2, 0.25) is 0 Å². The third kappa shape index (κ3) is 4.49. The Hall–Kier alpha value is -4.53. The van der Waals surface area contributed by atoms with Crippen LogP contribution >= 0.6 is 0 Å². The monoisotopic (exact) mass is 736 g/mol. The summed E-state index contributed by atoms with van der Waals surface area (Å²) < 4.78 is 8.59. The minimum Gasteiger partial charge on any atom is -0.503 e. The second-order valence-corrected chi connectivity index (χ2v) is 11.7. The van der Waals surface area contributed by atoms with E-state index in [0.717, 1.165) is 54.7 Å². The number of fused-ring (bicyclic) bond motifs is 8. The van der Waals surface area contributed by atoms with Crippen LogP contribution in [-0.4, -0.2) is 14.5 Å². The van der Waals surface area contributed by atoms with Crippen molar-refractivity contribution in [3.8, 4) is 17.3 Å². The largest absolute Gasteiger partial charge is 2.00 e. The number of hydrogen-bond donors (Lipinski definition) is 0. The molecular formula is C38H27N3OPt. The summed E-state index contributed by atoms with van der Waals surface area (Å²) in [6.45, 7) is 6.73. The molecule has 4 nitrogen and oxygen atoms in total. The summed E-state index contributed by atoms with van der Waals surface area (Å²) >= 11 is 0. The Kier molecular flexibility index (Phi) is 6.56. The van der Waals surface area contributed by atoms with Gasteiger partial charge in [-0.05, 0) is 46.0 Å². The smallest absolute Gasteiger partial charge is 0.503 e. The molecule has 0 fully saturated rings. The van der Waals surface area contributed by atoms with Crippen LogP contribution in [0.4, 0.5) is 0 Å². The fourth-order valence-electron chi connectivity index (χ4n) is 6.14. The summed E-state index contributed by atoms with van der Waals surface area (Å²) in [7, 11) is 0. The van der Waals surface area contributed by atoms with Crippen molar-refractivity contribution in [1.82, 2.24) is 14.5 Å². The molecule has 0 amide bonds. The summed E-state index contributed by atoms with van der Waals surface area (Å²) in [5.41, 5.74) is 4.28. The molecule has 0 aliphatic rings. The van der Waals surface area contributed by atoms with Gasteiger partial charge in [-0.3, -0.25) is 4.98 Å². The molecule has 3 aromatic heterocycles. The van der Waals surface area contributed by atoms with E-state index < -0.39 is 0 Å². The molecule has 0 saturated heterocycles. The van der Waals surface area contributed by atoms with Crippen molar-refractivity contribution in [2.45, 2.75) is 26.2 Å². The van der Waals surface area contributed by atoms with Crippen LogP contribution in [0.5, 0.6) is 11.5 Å². The molecule has 5 heteroatoms. The van der Waals surface area contributed by atoms with E-state index >= 15 is 0 Å². The Labute approximate surface area is 264 Å². The molecule has 43 heavy (non-hydrogen) atoms. The van der Waals surface area contributed by atoms with E-state index in [2.05, 4.69) is 109 Å². The molecule has 8 rings (SSSR count). The number of hydrogen-bond acceptors (Lipinski definition) is 3. The number of rotatable bonds is 3. The summed E-state index contributed by atoms with van der Waals surface area (Å²) in [4.78, 5) is 9.50. The van der Waals surface area contributed by atoms with Gasteiger partial charge in [0.15, 0.2) is 0 Å². The first-order chi connectivity index (χ1) is 20.5. The van der Waals surface area contributed by atoms with Gasteiger partial charge in [0.25, 0.3) is 0 Å². The second kappa shape index (κ2) is 10.3. The molecule has 0 atom stereocenters. The van der Waals surface area contributed by atoms with E-state index in [1.807, 2.05) is 42.7 Å². The Morgan fingerprint density at radius 2 is 1.37 bits per heavy atom. The van der Waals surface area contributed by atoms with Gasteiger partial charge in [0.1, 0.15) is 5.82 Å². The minimum absolute atomic E-state index is 0. The van der Waals surface area contributed by atoms with E-state index in [0.29, 0.717) is 11.5 Å². The van der Waals surface area contributed by atoms with Crippen molar-refractivity contribution in [3.05, 3.63) is 127 Å². The predicted octanol–water partition coefficient (Wildman–Crippen LogP) is 9.72. The molecule has 3 heterocycles. The van der Waals surface area contributed by atoms with E-state index in [-0.39, 0.29) is 26.5 Å². The molecule has 0 saturated carbocycles. The number of ether oxygens (including phenoxy) is 1. The molecule has 210 valence electrons. The maximum Gasteiger partial charge on any atom is 2.00 e. The first-order valence-electron chi connectivity index (χ1n) is 14.2. The van der Waals surface area contributed by atoms with Crippen molar-refractivity contribution in [1.29, 1.82) is 0 Å². The Morgan fingerprint density at radius 3 is 2.21 bits per heavy atom. The average Bonchev–Trinajstić information content (AvgIpc) is 3.34. The maximum atomic E-state index is 6.46. The molecule has 0 bridgehead atoms. The first-order valence-corrected chi connectivity index (χ1v) is 14.2. The van der Waals surface area contributed by atoms with E-state index in [1.54, 1.807) is 0 Å². The molecule has 0 unspecified atom stereocenters. The molecule has 0 N–H and O–H groups in total. The number of pyridine rings is 2. The van der Waals surface area contributed by atoms with E-state index in [4.69, 9.17) is 9.72 Å². The first kappa shape index (κ1) is 27.3. The quantitative estimate of drug-likeness (QED) is 0.134. The maximum absolute atomic E-state index is 6.46.